The van der Waals surface area contributed by atoms with Crippen LogP contribution < -0.4 is 0 Å². The van der Waals surface area contributed by atoms with Crippen molar-refractivity contribution in [1.29, 1.82) is 0 Å². The molecule has 3 N–H and O–H groups in total. The molecular formula is C47H91O9P. The molecule has 0 aliphatic heterocycles. The van der Waals surface area contributed by atoms with Crippen LogP contribution in [0.1, 0.15) is 226 Å². The van der Waals surface area contributed by atoms with Crippen molar-refractivity contribution in [2.45, 2.75) is 238 Å². The zero-order chi connectivity index (χ0) is 41.8. The van der Waals surface area contributed by atoms with Crippen LogP contribution in [0.4, 0.5) is 0 Å². The molecule has 9 nitrogen and oxygen atoms in total. The molecule has 0 saturated carbocycles. The zero-order valence-electron chi connectivity index (χ0n) is 37.1. The van der Waals surface area contributed by atoms with Gasteiger partial charge in [-0.05, 0) is 44.9 Å². The van der Waals surface area contributed by atoms with Crippen molar-refractivity contribution in [3.05, 3.63) is 24.3 Å². The van der Waals surface area contributed by atoms with Gasteiger partial charge in [-0.3, -0.25) is 13.8 Å². The van der Waals surface area contributed by atoms with Gasteiger partial charge >= 0.3 is 13.8 Å². The smallest absolute Gasteiger partial charge is 0.457 e. The Hall–Kier alpha value is -1.06. The second kappa shape index (κ2) is 44.5. The Labute approximate surface area is 351 Å². The van der Waals surface area contributed by atoms with E-state index in [1.165, 1.54) is 148 Å². The predicted molar refractivity (Wildman–Crippen MR) is 238 cm³/mol. The molecule has 0 aromatic heterocycles. The van der Waals surface area contributed by atoms with Gasteiger partial charge in [-0.1, -0.05) is 199 Å². The molecule has 0 aliphatic rings. The first-order valence-corrected chi connectivity index (χ1v) is 25.3. The Morgan fingerprint density at radius 1 is 0.544 bits per heavy atom. The molecule has 0 radical (unpaired) electrons. The largest absolute Gasteiger partial charge is 0.472 e. The molecule has 0 rings (SSSR count). The molecule has 0 aliphatic carbocycles. The second-order valence-electron chi connectivity index (χ2n) is 16.1. The number of allylic oxidation sites excluding steroid dienone is 4. The SMILES string of the molecule is CCCCCC/C=C\C/C=C\CCCCCCCC(=O)OC(COCCCCCCCCCCCCCCCCCCCCCC)COP(=O)(O)OCC(O)CO. The van der Waals surface area contributed by atoms with E-state index in [1.54, 1.807) is 0 Å². The molecule has 0 aromatic carbocycles. The molecule has 3 unspecified atom stereocenters. The minimum atomic E-state index is -4.52. The number of aliphatic hydroxyl groups excluding tert-OH is 2. The summed E-state index contributed by atoms with van der Waals surface area (Å²) in [7, 11) is -4.52. The maximum atomic E-state index is 12.6. The Morgan fingerprint density at radius 2 is 0.947 bits per heavy atom. The van der Waals surface area contributed by atoms with Crippen LogP contribution in [0, 0.1) is 0 Å². The number of carbonyl (C=O) groups excluding carboxylic acids is 1. The van der Waals surface area contributed by atoms with E-state index in [1.807, 2.05) is 0 Å². The highest BCUT2D eigenvalue weighted by Crippen LogP contribution is 2.43. The Morgan fingerprint density at radius 3 is 1.42 bits per heavy atom. The Bertz CT molecular complexity index is 944. The molecule has 0 saturated heterocycles. The molecule has 3 atom stereocenters. The number of hydrogen-bond donors (Lipinski definition) is 3. The summed E-state index contributed by atoms with van der Waals surface area (Å²) in [6.45, 7) is 3.53. The van der Waals surface area contributed by atoms with E-state index in [0.29, 0.717) is 13.0 Å². The third-order valence-corrected chi connectivity index (χ3v) is 11.3. The highest BCUT2D eigenvalue weighted by Gasteiger charge is 2.26. The lowest BCUT2D eigenvalue weighted by atomic mass is 10.0. The molecule has 0 spiro atoms. The topological polar surface area (TPSA) is 132 Å². The van der Waals surface area contributed by atoms with Gasteiger partial charge < -0.3 is 24.6 Å². The molecule has 0 amide bonds. The van der Waals surface area contributed by atoms with Crippen molar-refractivity contribution >= 4 is 13.8 Å². The molecule has 338 valence electrons. The van der Waals surface area contributed by atoms with Crippen molar-refractivity contribution in [2.24, 2.45) is 0 Å². The maximum Gasteiger partial charge on any atom is 0.472 e. The minimum Gasteiger partial charge on any atom is -0.457 e. The van der Waals surface area contributed by atoms with Gasteiger partial charge in [0.25, 0.3) is 0 Å². The highest BCUT2D eigenvalue weighted by atomic mass is 31.2. The van der Waals surface area contributed by atoms with Gasteiger partial charge in [0.15, 0.2) is 0 Å². The van der Waals surface area contributed by atoms with Crippen molar-refractivity contribution in [1.82, 2.24) is 0 Å². The highest BCUT2D eigenvalue weighted by molar-refractivity contribution is 7.47. The first kappa shape index (κ1) is 55.9. The number of unbranched alkanes of at least 4 members (excludes halogenated alkanes) is 28. The predicted octanol–water partition coefficient (Wildman–Crippen LogP) is 13.4. The van der Waals surface area contributed by atoms with Crippen LogP contribution in [-0.4, -0.2) is 66.3 Å². The van der Waals surface area contributed by atoms with Gasteiger partial charge in [0, 0.05) is 13.0 Å². The molecular weight excluding hydrogens is 739 g/mol. The Balaban J connectivity index is 4.10. The van der Waals surface area contributed by atoms with Crippen molar-refractivity contribution < 1.29 is 43.0 Å². The van der Waals surface area contributed by atoms with Crippen molar-refractivity contribution in [3.63, 3.8) is 0 Å². The minimum absolute atomic E-state index is 0.0480. The lowest BCUT2D eigenvalue weighted by molar-refractivity contribution is -0.154. The number of aliphatic hydroxyl groups is 2. The van der Waals surface area contributed by atoms with E-state index >= 15 is 0 Å². The van der Waals surface area contributed by atoms with Crippen LogP contribution in [0.5, 0.6) is 0 Å². The zero-order valence-corrected chi connectivity index (χ0v) is 38.0. The van der Waals surface area contributed by atoms with E-state index in [2.05, 4.69) is 38.2 Å². The number of esters is 1. The summed E-state index contributed by atoms with van der Waals surface area (Å²) >= 11 is 0. The number of phosphoric ester groups is 1. The van der Waals surface area contributed by atoms with E-state index in [9.17, 15) is 19.4 Å². The monoisotopic (exact) mass is 831 g/mol. The quantitative estimate of drug-likeness (QED) is 0.0237. The fraction of sp³-hybridized carbons (Fsp3) is 0.894. The molecule has 0 bridgehead atoms. The van der Waals surface area contributed by atoms with E-state index in [-0.39, 0.29) is 19.6 Å². The van der Waals surface area contributed by atoms with Crippen LogP contribution >= 0.6 is 7.82 Å². The normalized spacial score (nSPS) is 14.1. The second-order valence-corrected chi connectivity index (χ2v) is 17.6. The first-order valence-electron chi connectivity index (χ1n) is 23.8. The molecule has 10 heteroatoms. The van der Waals surface area contributed by atoms with Crippen molar-refractivity contribution in [3.8, 4) is 0 Å². The van der Waals surface area contributed by atoms with E-state index in [0.717, 1.165) is 51.4 Å². The van der Waals surface area contributed by atoms with Gasteiger partial charge in [-0.15, -0.1) is 0 Å². The summed E-state index contributed by atoms with van der Waals surface area (Å²) in [5, 5.41) is 18.4. The number of carbonyl (C=O) groups is 1. The Kier molecular flexibility index (Phi) is 43.7. The van der Waals surface area contributed by atoms with Gasteiger partial charge in [-0.2, -0.15) is 0 Å². The van der Waals surface area contributed by atoms with Gasteiger partial charge in [0.05, 0.1) is 26.4 Å². The average molecular weight is 831 g/mol. The average Bonchev–Trinajstić information content (AvgIpc) is 3.20. The lowest BCUT2D eigenvalue weighted by Gasteiger charge is -2.20. The van der Waals surface area contributed by atoms with Crippen LogP contribution in [-0.2, 0) is 27.9 Å². The summed E-state index contributed by atoms with van der Waals surface area (Å²) < 4.78 is 33.4. The van der Waals surface area contributed by atoms with Gasteiger partial charge in [0.2, 0.25) is 0 Å². The molecule has 0 fully saturated rings. The van der Waals surface area contributed by atoms with Crippen LogP contribution in [0.3, 0.4) is 0 Å². The van der Waals surface area contributed by atoms with Gasteiger partial charge in [0.1, 0.15) is 12.2 Å². The molecule has 57 heavy (non-hydrogen) atoms. The first-order chi connectivity index (χ1) is 27.8. The standard InChI is InChI=1S/C47H91O9P/c1-3-5-7-9-11-13-15-17-19-21-22-23-24-26-28-30-32-34-36-38-40-53-43-46(44-55-57(51,52)54-42-45(49)41-48)56-47(50)39-37-35-33-31-29-27-25-20-18-16-14-12-10-8-6-4-2/h14,16,20,25,45-46,48-49H,3-13,15,17-19,21-24,26-44H2,1-2H3,(H,51,52)/b16-14-,25-20-. The lowest BCUT2D eigenvalue weighted by Crippen LogP contribution is -2.29. The summed E-state index contributed by atoms with van der Waals surface area (Å²) in [5.74, 6) is -0.392. The van der Waals surface area contributed by atoms with E-state index < -0.39 is 39.2 Å². The number of hydrogen-bond acceptors (Lipinski definition) is 8. The fourth-order valence-corrected chi connectivity index (χ4v) is 7.53. The number of phosphoric acid groups is 1. The summed E-state index contributed by atoms with van der Waals surface area (Å²) in [5.41, 5.74) is 0. The number of ether oxygens (including phenoxy) is 2. The molecule has 0 aromatic rings. The summed E-state index contributed by atoms with van der Waals surface area (Å²) in [6.07, 6.45) is 47.1. The molecule has 0 heterocycles. The van der Waals surface area contributed by atoms with E-state index in [4.69, 9.17) is 23.6 Å². The fourth-order valence-electron chi connectivity index (χ4n) is 6.74. The van der Waals surface area contributed by atoms with Crippen LogP contribution in [0.25, 0.3) is 0 Å². The maximum absolute atomic E-state index is 12.6. The number of rotatable bonds is 46. The van der Waals surface area contributed by atoms with Crippen molar-refractivity contribution in [2.75, 3.05) is 33.0 Å². The summed E-state index contributed by atoms with van der Waals surface area (Å²) in [6, 6.07) is 0. The third-order valence-electron chi connectivity index (χ3n) is 10.4. The van der Waals surface area contributed by atoms with Crippen LogP contribution in [0.2, 0.25) is 0 Å². The van der Waals surface area contributed by atoms with Crippen LogP contribution in [0.15, 0.2) is 24.3 Å². The third kappa shape index (κ3) is 44.3. The summed E-state index contributed by atoms with van der Waals surface area (Å²) in [4.78, 5) is 22.6. The van der Waals surface area contributed by atoms with Gasteiger partial charge in [-0.25, -0.2) is 4.57 Å².